The van der Waals surface area contributed by atoms with Gasteiger partial charge in [-0.15, -0.1) is 0 Å². The van der Waals surface area contributed by atoms with Crippen LogP contribution in [-0.4, -0.2) is 49.0 Å². The molecule has 1 saturated carbocycles. The van der Waals surface area contributed by atoms with Crippen molar-refractivity contribution < 1.29 is 9.84 Å². The largest absolute Gasteiger partial charge is 0.396 e. The molecule has 1 N–H and O–H groups in total. The summed E-state index contributed by atoms with van der Waals surface area (Å²) in [6, 6.07) is 0.908. The Hall–Kier alpha value is -0.120. The van der Waals surface area contributed by atoms with Crippen LogP contribution >= 0.6 is 0 Å². The minimum atomic E-state index is 0.249. The monoisotopic (exact) mass is 213 g/mol. The van der Waals surface area contributed by atoms with Gasteiger partial charge >= 0.3 is 0 Å². The normalized spacial score (nSPS) is 28.2. The molecule has 2 fully saturated rings. The second-order valence-electron chi connectivity index (χ2n) is 4.89. The number of rotatable bonds is 6. The lowest BCUT2D eigenvalue weighted by atomic mass is 9.99. The number of likely N-dealkylation sites (tertiary alicyclic amines) is 1. The van der Waals surface area contributed by atoms with E-state index in [1.165, 1.54) is 38.8 Å². The molecule has 1 heterocycles. The molecular formula is C12H23NO2. The van der Waals surface area contributed by atoms with Crippen molar-refractivity contribution in [2.45, 2.75) is 38.1 Å². The van der Waals surface area contributed by atoms with E-state index < -0.39 is 0 Å². The molecular weight excluding hydrogens is 190 g/mol. The fraction of sp³-hybridized carbons (Fsp3) is 1.00. The maximum Gasteiger partial charge on any atom is 0.0506 e. The van der Waals surface area contributed by atoms with Crippen LogP contribution < -0.4 is 0 Å². The molecule has 3 heteroatoms. The van der Waals surface area contributed by atoms with Gasteiger partial charge in [-0.05, 0) is 44.6 Å². The average molecular weight is 213 g/mol. The van der Waals surface area contributed by atoms with Crippen molar-refractivity contribution in [2.75, 3.05) is 32.9 Å². The number of aliphatic hydroxyl groups is 1. The third-order valence-corrected chi connectivity index (χ3v) is 3.41. The molecule has 0 aromatic rings. The molecule has 2 aliphatic rings. The lowest BCUT2D eigenvalue weighted by Crippen LogP contribution is -2.38. The molecule has 0 aromatic carbocycles. The van der Waals surface area contributed by atoms with Crippen molar-refractivity contribution in [3.8, 4) is 0 Å². The Morgan fingerprint density at radius 3 is 2.87 bits per heavy atom. The van der Waals surface area contributed by atoms with E-state index in [-0.39, 0.29) is 6.61 Å². The third-order valence-electron chi connectivity index (χ3n) is 3.41. The van der Waals surface area contributed by atoms with E-state index in [2.05, 4.69) is 4.90 Å². The van der Waals surface area contributed by atoms with Crippen LogP contribution in [0.4, 0.5) is 0 Å². The average Bonchev–Trinajstić information content (AvgIpc) is 3.09. The quantitative estimate of drug-likeness (QED) is 0.674. The highest BCUT2D eigenvalue weighted by molar-refractivity contribution is 4.87. The zero-order valence-electron chi connectivity index (χ0n) is 9.53. The summed E-state index contributed by atoms with van der Waals surface area (Å²) in [6.07, 6.45) is 6.27. The van der Waals surface area contributed by atoms with E-state index in [0.29, 0.717) is 0 Å². The number of hydrogen-bond donors (Lipinski definition) is 1. The van der Waals surface area contributed by atoms with Crippen molar-refractivity contribution in [1.82, 2.24) is 4.90 Å². The van der Waals surface area contributed by atoms with Crippen LogP contribution in [0.15, 0.2) is 0 Å². The summed E-state index contributed by atoms with van der Waals surface area (Å²) in [5.41, 5.74) is 0. The topological polar surface area (TPSA) is 32.7 Å². The molecule has 1 saturated heterocycles. The first-order valence-electron chi connectivity index (χ1n) is 6.33. The number of ether oxygens (including phenoxy) is 1. The van der Waals surface area contributed by atoms with Crippen LogP contribution in [-0.2, 0) is 4.74 Å². The molecule has 0 spiro atoms. The number of hydrogen-bond acceptors (Lipinski definition) is 3. The van der Waals surface area contributed by atoms with Gasteiger partial charge in [-0.25, -0.2) is 0 Å². The fourth-order valence-electron chi connectivity index (χ4n) is 2.42. The molecule has 1 unspecified atom stereocenters. The predicted octanol–water partition coefficient (Wildman–Crippen LogP) is 1.26. The van der Waals surface area contributed by atoms with Crippen LogP contribution in [0.2, 0.25) is 0 Å². The van der Waals surface area contributed by atoms with E-state index in [1.54, 1.807) is 0 Å². The molecule has 15 heavy (non-hydrogen) atoms. The van der Waals surface area contributed by atoms with Gasteiger partial charge in [0.1, 0.15) is 0 Å². The summed E-state index contributed by atoms with van der Waals surface area (Å²) in [5.74, 6) is 0.734. The Labute approximate surface area is 92.4 Å². The number of aliphatic hydroxyl groups excluding tert-OH is 1. The molecule has 1 atom stereocenters. The highest BCUT2D eigenvalue weighted by Crippen LogP contribution is 2.30. The minimum Gasteiger partial charge on any atom is -0.396 e. The third kappa shape index (κ3) is 3.74. The highest BCUT2D eigenvalue weighted by atomic mass is 16.5. The lowest BCUT2D eigenvalue weighted by molar-refractivity contribution is 0.0516. The first kappa shape index (κ1) is 11.4. The van der Waals surface area contributed by atoms with Crippen LogP contribution in [0, 0.1) is 5.92 Å². The van der Waals surface area contributed by atoms with Gasteiger partial charge in [-0.2, -0.15) is 0 Å². The van der Waals surface area contributed by atoms with Crippen molar-refractivity contribution in [3.63, 3.8) is 0 Å². The first-order valence-corrected chi connectivity index (χ1v) is 6.33. The molecule has 1 aliphatic carbocycles. The molecule has 0 bridgehead atoms. The summed E-state index contributed by atoms with van der Waals surface area (Å²) >= 11 is 0. The maximum atomic E-state index is 8.64. The van der Waals surface area contributed by atoms with E-state index in [9.17, 15) is 0 Å². The Balaban J connectivity index is 1.59. The van der Waals surface area contributed by atoms with E-state index >= 15 is 0 Å². The van der Waals surface area contributed by atoms with Crippen LogP contribution in [0.5, 0.6) is 0 Å². The molecule has 2 rings (SSSR count). The molecule has 1 aliphatic heterocycles. The number of piperidine rings is 1. The Morgan fingerprint density at radius 1 is 1.27 bits per heavy atom. The second kappa shape index (κ2) is 5.83. The summed E-state index contributed by atoms with van der Waals surface area (Å²) in [5, 5.41) is 8.64. The molecule has 0 amide bonds. The van der Waals surface area contributed by atoms with Crippen molar-refractivity contribution in [2.24, 2.45) is 5.92 Å². The van der Waals surface area contributed by atoms with Gasteiger partial charge < -0.3 is 14.7 Å². The molecule has 0 aromatic heterocycles. The Kier molecular flexibility index (Phi) is 4.42. The van der Waals surface area contributed by atoms with Crippen molar-refractivity contribution >= 4 is 0 Å². The van der Waals surface area contributed by atoms with Crippen LogP contribution in [0.25, 0.3) is 0 Å². The summed E-state index contributed by atoms with van der Waals surface area (Å²) < 4.78 is 5.58. The van der Waals surface area contributed by atoms with E-state index in [1.807, 2.05) is 0 Å². The van der Waals surface area contributed by atoms with E-state index in [4.69, 9.17) is 9.84 Å². The summed E-state index contributed by atoms with van der Waals surface area (Å²) in [4.78, 5) is 2.64. The van der Waals surface area contributed by atoms with Gasteiger partial charge in [0.05, 0.1) is 6.61 Å². The van der Waals surface area contributed by atoms with Gasteiger partial charge in [0.2, 0.25) is 0 Å². The van der Waals surface area contributed by atoms with Crippen molar-refractivity contribution in [1.29, 1.82) is 0 Å². The van der Waals surface area contributed by atoms with Gasteiger partial charge in [0, 0.05) is 25.8 Å². The molecule has 0 radical (unpaired) electrons. The first-order chi connectivity index (χ1) is 7.40. The fourth-order valence-corrected chi connectivity index (χ4v) is 2.42. The zero-order chi connectivity index (χ0) is 10.5. The maximum absolute atomic E-state index is 8.64. The zero-order valence-corrected chi connectivity index (χ0v) is 9.53. The summed E-state index contributed by atoms with van der Waals surface area (Å²) in [7, 11) is 0. The van der Waals surface area contributed by atoms with E-state index in [0.717, 1.165) is 31.6 Å². The van der Waals surface area contributed by atoms with Crippen molar-refractivity contribution in [3.05, 3.63) is 0 Å². The highest BCUT2D eigenvalue weighted by Gasteiger charge is 2.32. The second-order valence-corrected chi connectivity index (χ2v) is 4.89. The van der Waals surface area contributed by atoms with Gasteiger partial charge in [0.25, 0.3) is 0 Å². The lowest BCUT2D eigenvalue weighted by Gasteiger charge is -2.32. The van der Waals surface area contributed by atoms with Crippen LogP contribution in [0.3, 0.4) is 0 Å². The SMILES string of the molecule is OCCCOCC1CCCN(C2CC2)C1. The standard InChI is InChI=1S/C12H23NO2/c14-7-2-8-15-10-11-3-1-6-13(9-11)12-4-5-12/h11-12,14H,1-10H2. The van der Waals surface area contributed by atoms with Crippen LogP contribution in [0.1, 0.15) is 32.1 Å². The molecule has 3 nitrogen and oxygen atoms in total. The number of nitrogens with zero attached hydrogens (tertiary/aromatic N) is 1. The predicted molar refractivity (Wildman–Crippen MR) is 59.8 cm³/mol. The summed E-state index contributed by atoms with van der Waals surface area (Å²) in [6.45, 7) is 4.40. The van der Waals surface area contributed by atoms with Gasteiger partial charge in [-0.1, -0.05) is 0 Å². The smallest absolute Gasteiger partial charge is 0.0506 e. The van der Waals surface area contributed by atoms with Gasteiger partial charge in [-0.3, -0.25) is 0 Å². The van der Waals surface area contributed by atoms with Gasteiger partial charge in [0.15, 0.2) is 0 Å². The Morgan fingerprint density at radius 2 is 2.13 bits per heavy atom. The minimum absolute atomic E-state index is 0.249. The Bertz CT molecular complexity index is 182. The molecule has 88 valence electrons.